The summed E-state index contributed by atoms with van der Waals surface area (Å²) < 4.78 is 36.1. The van der Waals surface area contributed by atoms with Crippen LogP contribution in [0.1, 0.15) is 9.75 Å². The molecule has 1 N–H and O–H groups in total. The van der Waals surface area contributed by atoms with E-state index in [0.717, 1.165) is 9.75 Å². The molecule has 0 radical (unpaired) electrons. The smallest absolute Gasteiger partial charge is 0.152 e. The van der Waals surface area contributed by atoms with Crippen LogP contribution in [0.5, 0.6) is 0 Å². The highest BCUT2D eigenvalue weighted by Crippen LogP contribution is 2.45. The topological polar surface area (TPSA) is 84.8 Å². The van der Waals surface area contributed by atoms with Gasteiger partial charge in [-0.2, -0.15) is 0 Å². The fourth-order valence-corrected chi connectivity index (χ4v) is 10.7. The number of hydrogen-bond acceptors (Lipinski definition) is 14. The van der Waals surface area contributed by atoms with Crippen molar-refractivity contribution >= 4 is 68.0 Å². The minimum atomic E-state index is -0.364. The maximum Gasteiger partial charge on any atom is 0.152 e. The SMILES string of the molecule is COCOCOCOCc1ccc(-c2ccc(-c3ccc(-c4ccc(-c5ccc(-c6ccc(COCOCOCO)s6)s5)s4)s3)s2)s1. The number of ether oxygens (including phenoxy) is 7. The summed E-state index contributed by atoms with van der Waals surface area (Å²) in [4.78, 5) is 14.9. The summed E-state index contributed by atoms with van der Waals surface area (Å²) in [6.07, 6.45) is 0. The lowest BCUT2D eigenvalue weighted by atomic mass is 10.3. The zero-order valence-electron chi connectivity index (χ0n) is 25.3. The van der Waals surface area contributed by atoms with Gasteiger partial charge in [0.2, 0.25) is 0 Å². The molecule has 0 atom stereocenters. The molecule has 0 aliphatic rings. The third-order valence-corrected chi connectivity index (χ3v) is 13.8. The molecule has 248 valence electrons. The molecule has 0 fully saturated rings. The monoisotopic (exact) mass is 748 g/mol. The van der Waals surface area contributed by atoms with Gasteiger partial charge in [0.05, 0.1) is 13.2 Å². The molecule has 14 heteroatoms. The molecule has 0 aliphatic carbocycles. The Bertz CT molecular complexity index is 1790. The van der Waals surface area contributed by atoms with E-state index < -0.39 is 0 Å². The van der Waals surface area contributed by atoms with E-state index in [1.165, 1.54) is 48.8 Å². The molecule has 0 saturated carbocycles. The van der Waals surface area contributed by atoms with Gasteiger partial charge in [-0.1, -0.05) is 0 Å². The maximum absolute atomic E-state index is 8.60. The van der Waals surface area contributed by atoms with Gasteiger partial charge in [-0.05, 0) is 72.8 Å². The van der Waals surface area contributed by atoms with E-state index in [2.05, 4.69) is 72.8 Å². The molecular weight excluding hydrogens is 717 g/mol. The predicted octanol–water partition coefficient (Wildman–Crippen LogP) is 9.87. The molecule has 6 rings (SSSR count). The van der Waals surface area contributed by atoms with Crippen LogP contribution in [0.2, 0.25) is 0 Å². The first-order valence-electron chi connectivity index (χ1n) is 14.3. The van der Waals surface area contributed by atoms with E-state index in [1.807, 2.05) is 45.3 Å². The van der Waals surface area contributed by atoms with Crippen LogP contribution in [0.4, 0.5) is 0 Å². The van der Waals surface area contributed by atoms with Crippen molar-refractivity contribution < 1.29 is 38.3 Å². The van der Waals surface area contributed by atoms with Crippen molar-refractivity contribution in [2.45, 2.75) is 13.2 Å². The average molecular weight is 749 g/mol. The minimum Gasteiger partial charge on any atom is -0.371 e. The zero-order chi connectivity index (χ0) is 32.3. The predicted molar refractivity (Wildman–Crippen MR) is 193 cm³/mol. The molecule has 0 aromatic carbocycles. The van der Waals surface area contributed by atoms with Crippen LogP contribution in [0, 0.1) is 0 Å². The Balaban J connectivity index is 1.02. The van der Waals surface area contributed by atoms with E-state index in [-0.39, 0.29) is 40.8 Å². The molecule has 0 amide bonds. The molecule has 0 spiro atoms. The molecule has 6 aromatic rings. The van der Waals surface area contributed by atoms with Gasteiger partial charge in [-0.15, -0.1) is 68.0 Å². The van der Waals surface area contributed by atoms with Gasteiger partial charge in [0, 0.05) is 65.6 Å². The first-order valence-corrected chi connectivity index (χ1v) is 19.2. The number of methoxy groups -OCH3 is 1. The molecule has 0 unspecified atom stereocenters. The summed E-state index contributed by atoms with van der Waals surface area (Å²) in [5.74, 6) is 0. The molecule has 0 aliphatic heterocycles. The molecule has 47 heavy (non-hydrogen) atoms. The Labute approximate surface area is 296 Å². The molecule has 6 aromatic heterocycles. The van der Waals surface area contributed by atoms with E-state index in [1.54, 1.807) is 29.8 Å². The largest absolute Gasteiger partial charge is 0.371 e. The van der Waals surface area contributed by atoms with Crippen molar-refractivity contribution in [3.63, 3.8) is 0 Å². The van der Waals surface area contributed by atoms with Crippen LogP contribution in [0.15, 0.2) is 72.8 Å². The molecular formula is C33H32O8S6. The number of aliphatic hydroxyl groups excluding tert-OH is 1. The highest BCUT2D eigenvalue weighted by molar-refractivity contribution is 7.30. The van der Waals surface area contributed by atoms with Gasteiger partial charge >= 0.3 is 0 Å². The standard InChI is InChI=1S/C33H32O8S6/c1-35-17-39-21-41-19-37-15-23-3-5-25(43-23)27-7-9-29(45-27)31-11-13-33(47-31)32-12-10-30(46-32)28-8-6-26(44-28)24-4-2-22(42-24)14-36-18-40-20-38-16-34/h2-13,34H,14-21H2,1H3. The lowest BCUT2D eigenvalue weighted by molar-refractivity contribution is -0.166. The third kappa shape index (κ3) is 9.74. The van der Waals surface area contributed by atoms with E-state index in [4.69, 9.17) is 38.3 Å². The van der Waals surface area contributed by atoms with Gasteiger partial charge in [-0.3, -0.25) is 0 Å². The fraction of sp³-hybridized carbons (Fsp3) is 0.273. The molecule has 0 saturated heterocycles. The van der Waals surface area contributed by atoms with Gasteiger partial charge in [0.25, 0.3) is 0 Å². The quantitative estimate of drug-likeness (QED) is 0.0611. The van der Waals surface area contributed by atoms with Gasteiger partial charge in [0.15, 0.2) is 13.6 Å². The maximum atomic E-state index is 8.60. The second kappa shape index (κ2) is 18.0. The Morgan fingerprint density at radius 3 is 1.04 bits per heavy atom. The van der Waals surface area contributed by atoms with Crippen LogP contribution in [0.25, 0.3) is 48.8 Å². The first-order chi connectivity index (χ1) is 23.2. The number of thiophene rings is 6. The van der Waals surface area contributed by atoms with Gasteiger partial charge in [-0.25, -0.2) is 0 Å². The normalized spacial score (nSPS) is 11.6. The summed E-state index contributed by atoms with van der Waals surface area (Å²) in [5, 5.41) is 8.60. The Kier molecular flexibility index (Phi) is 13.3. The van der Waals surface area contributed by atoms with Crippen molar-refractivity contribution in [1.82, 2.24) is 0 Å². The lowest BCUT2D eigenvalue weighted by Crippen LogP contribution is -2.05. The summed E-state index contributed by atoms with van der Waals surface area (Å²) in [6, 6.07) is 26.3. The van der Waals surface area contributed by atoms with E-state index >= 15 is 0 Å². The van der Waals surface area contributed by atoms with E-state index in [9.17, 15) is 0 Å². The van der Waals surface area contributed by atoms with Crippen LogP contribution < -0.4 is 0 Å². The second-order valence-corrected chi connectivity index (χ2v) is 16.4. The number of aliphatic hydroxyl groups is 1. The van der Waals surface area contributed by atoms with Crippen molar-refractivity contribution in [1.29, 1.82) is 0 Å². The Hall–Kier alpha value is -2.12. The van der Waals surface area contributed by atoms with Crippen LogP contribution >= 0.6 is 68.0 Å². The minimum absolute atomic E-state index is 0.0113. The average Bonchev–Trinajstić information content (AvgIpc) is 3.93. The summed E-state index contributed by atoms with van der Waals surface area (Å²) in [6.45, 7) is 1.27. The highest BCUT2D eigenvalue weighted by atomic mass is 32.1. The van der Waals surface area contributed by atoms with Crippen molar-refractivity contribution in [2.75, 3.05) is 47.9 Å². The Morgan fingerprint density at radius 1 is 0.383 bits per heavy atom. The van der Waals surface area contributed by atoms with Gasteiger partial charge < -0.3 is 38.3 Å². The summed E-state index contributed by atoms with van der Waals surface area (Å²) in [5.41, 5.74) is 0. The Morgan fingerprint density at radius 2 is 0.681 bits per heavy atom. The van der Waals surface area contributed by atoms with Gasteiger partial charge in [0.1, 0.15) is 27.2 Å². The summed E-state index contributed by atoms with van der Waals surface area (Å²) in [7, 11) is 1.57. The fourth-order valence-electron chi connectivity index (χ4n) is 4.33. The lowest BCUT2D eigenvalue weighted by Gasteiger charge is -2.05. The summed E-state index contributed by atoms with van der Waals surface area (Å²) >= 11 is 10.8. The van der Waals surface area contributed by atoms with Crippen LogP contribution in [-0.2, 0) is 46.4 Å². The molecule has 0 bridgehead atoms. The van der Waals surface area contributed by atoms with Crippen molar-refractivity contribution in [3.8, 4) is 48.8 Å². The first kappa shape index (κ1) is 34.7. The molecule has 6 heterocycles. The van der Waals surface area contributed by atoms with Crippen LogP contribution in [0.3, 0.4) is 0 Å². The highest BCUT2D eigenvalue weighted by Gasteiger charge is 2.14. The number of hydrogen-bond donors (Lipinski definition) is 1. The third-order valence-electron chi connectivity index (χ3n) is 6.41. The van der Waals surface area contributed by atoms with Crippen molar-refractivity contribution in [2.24, 2.45) is 0 Å². The molecule has 8 nitrogen and oxygen atoms in total. The van der Waals surface area contributed by atoms with E-state index in [0.29, 0.717) is 13.2 Å². The van der Waals surface area contributed by atoms with Crippen LogP contribution in [-0.4, -0.2) is 53.0 Å². The zero-order valence-corrected chi connectivity index (χ0v) is 30.2. The second-order valence-electron chi connectivity index (χ2n) is 9.71. The van der Waals surface area contributed by atoms with Crippen molar-refractivity contribution in [3.05, 3.63) is 82.6 Å². The number of rotatable bonds is 20.